The number of nitriles is 1. The molecule has 3 heteroatoms. The molecule has 1 aromatic heterocycles. The van der Waals surface area contributed by atoms with Crippen molar-refractivity contribution in [2.45, 2.75) is 26.2 Å². The first-order chi connectivity index (χ1) is 9.45. The molecular formula is C17H18N2O. The highest BCUT2D eigenvalue weighted by Crippen LogP contribution is 2.27. The molecule has 2 aromatic rings. The smallest absolute Gasteiger partial charge is 0.154 e. The van der Waals surface area contributed by atoms with Crippen LogP contribution in [0.2, 0.25) is 0 Å². The third kappa shape index (κ3) is 2.80. The van der Waals surface area contributed by atoms with Gasteiger partial charge in [0.1, 0.15) is 6.07 Å². The summed E-state index contributed by atoms with van der Waals surface area (Å²) in [4.78, 5) is 4.34. The largest absolute Gasteiger partial charge is 0.494 e. The molecule has 0 aliphatic rings. The fourth-order valence-corrected chi connectivity index (χ4v) is 1.99. The quantitative estimate of drug-likeness (QED) is 0.827. The van der Waals surface area contributed by atoms with Crippen molar-refractivity contribution >= 4 is 0 Å². The minimum Gasteiger partial charge on any atom is -0.494 e. The summed E-state index contributed by atoms with van der Waals surface area (Å²) in [5, 5.41) is 9.11. The minimum absolute atomic E-state index is 0.129. The van der Waals surface area contributed by atoms with Crippen LogP contribution in [0.4, 0.5) is 0 Å². The van der Waals surface area contributed by atoms with E-state index in [1.165, 1.54) is 12.7 Å². The lowest BCUT2D eigenvalue weighted by Gasteiger charge is -2.19. The van der Waals surface area contributed by atoms with Crippen molar-refractivity contribution in [3.63, 3.8) is 0 Å². The van der Waals surface area contributed by atoms with Crippen LogP contribution in [0.15, 0.2) is 36.5 Å². The molecule has 1 aromatic carbocycles. The zero-order valence-electron chi connectivity index (χ0n) is 12.3. The van der Waals surface area contributed by atoms with Crippen molar-refractivity contribution in [3.05, 3.63) is 47.7 Å². The number of hydrogen-bond donors (Lipinski definition) is 0. The third-order valence-corrected chi connectivity index (χ3v) is 3.25. The summed E-state index contributed by atoms with van der Waals surface area (Å²) in [6.07, 6.45) is 1.59. The fraction of sp³-hybridized carbons (Fsp3) is 0.294. The average molecular weight is 266 g/mol. The molecule has 0 spiro atoms. The predicted molar refractivity (Wildman–Crippen MR) is 79.6 cm³/mol. The summed E-state index contributed by atoms with van der Waals surface area (Å²) in [6, 6.07) is 12.2. The normalized spacial score (nSPS) is 10.9. The van der Waals surface area contributed by atoms with E-state index in [9.17, 15) is 0 Å². The summed E-state index contributed by atoms with van der Waals surface area (Å²) in [7, 11) is 1.54. The SMILES string of the molecule is COc1cnc(-c2ccc(C(C)(C)C)cc2)cc1C#N. The Labute approximate surface area is 119 Å². The van der Waals surface area contributed by atoms with Crippen molar-refractivity contribution < 1.29 is 4.74 Å². The molecule has 0 N–H and O–H groups in total. The molecule has 0 unspecified atom stereocenters. The van der Waals surface area contributed by atoms with E-state index in [4.69, 9.17) is 10.00 Å². The van der Waals surface area contributed by atoms with E-state index in [1.54, 1.807) is 12.3 Å². The molecule has 0 radical (unpaired) electrons. The molecule has 0 bridgehead atoms. The number of benzene rings is 1. The number of nitrogens with zero attached hydrogens (tertiary/aromatic N) is 2. The van der Waals surface area contributed by atoms with Crippen molar-refractivity contribution in [2.24, 2.45) is 0 Å². The Morgan fingerprint density at radius 3 is 2.30 bits per heavy atom. The van der Waals surface area contributed by atoms with Crippen LogP contribution in [-0.2, 0) is 5.41 Å². The molecule has 0 atom stereocenters. The Morgan fingerprint density at radius 2 is 1.80 bits per heavy atom. The van der Waals surface area contributed by atoms with E-state index < -0.39 is 0 Å². The van der Waals surface area contributed by atoms with E-state index in [-0.39, 0.29) is 5.41 Å². The lowest BCUT2D eigenvalue weighted by molar-refractivity contribution is 0.411. The highest BCUT2D eigenvalue weighted by Gasteiger charge is 2.13. The second-order valence-electron chi connectivity index (χ2n) is 5.71. The highest BCUT2D eigenvalue weighted by molar-refractivity contribution is 5.63. The first-order valence-corrected chi connectivity index (χ1v) is 6.51. The minimum atomic E-state index is 0.129. The van der Waals surface area contributed by atoms with Gasteiger partial charge in [-0.1, -0.05) is 45.0 Å². The molecule has 102 valence electrons. The molecule has 3 nitrogen and oxygen atoms in total. The van der Waals surface area contributed by atoms with Gasteiger partial charge < -0.3 is 4.74 Å². The van der Waals surface area contributed by atoms with Crippen molar-refractivity contribution in [3.8, 4) is 23.1 Å². The van der Waals surface area contributed by atoms with Gasteiger partial charge in [0, 0.05) is 5.56 Å². The Balaban J connectivity index is 2.40. The van der Waals surface area contributed by atoms with Gasteiger partial charge >= 0.3 is 0 Å². The van der Waals surface area contributed by atoms with Gasteiger partial charge in [0.2, 0.25) is 0 Å². The monoisotopic (exact) mass is 266 g/mol. The molecule has 0 fully saturated rings. The maximum Gasteiger partial charge on any atom is 0.154 e. The van der Waals surface area contributed by atoms with Gasteiger partial charge in [0.05, 0.1) is 24.6 Å². The number of pyridine rings is 1. The van der Waals surface area contributed by atoms with E-state index in [2.05, 4.69) is 44.0 Å². The van der Waals surface area contributed by atoms with Gasteiger partial charge in [0.15, 0.2) is 5.75 Å². The second kappa shape index (κ2) is 5.34. The van der Waals surface area contributed by atoms with E-state index >= 15 is 0 Å². The van der Waals surface area contributed by atoms with Crippen LogP contribution in [-0.4, -0.2) is 12.1 Å². The van der Waals surface area contributed by atoms with Crippen molar-refractivity contribution in [1.29, 1.82) is 5.26 Å². The topological polar surface area (TPSA) is 45.9 Å². The highest BCUT2D eigenvalue weighted by atomic mass is 16.5. The molecule has 1 heterocycles. The zero-order valence-corrected chi connectivity index (χ0v) is 12.3. The first kappa shape index (κ1) is 14.1. The van der Waals surface area contributed by atoms with Gasteiger partial charge in [-0.3, -0.25) is 4.98 Å². The Morgan fingerprint density at radius 1 is 1.15 bits per heavy atom. The summed E-state index contributed by atoms with van der Waals surface area (Å²) < 4.78 is 5.11. The molecule has 0 saturated carbocycles. The first-order valence-electron chi connectivity index (χ1n) is 6.51. The standard InChI is InChI=1S/C17H18N2O/c1-17(2,3)14-7-5-12(6-8-14)15-9-13(10-18)16(20-4)11-19-15/h5-9,11H,1-4H3. The predicted octanol–water partition coefficient (Wildman–Crippen LogP) is 3.93. The number of aromatic nitrogens is 1. The van der Waals surface area contributed by atoms with Gasteiger partial charge in [0.25, 0.3) is 0 Å². The maximum atomic E-state index is 9.11. The second-order valence-corrected chi connectivity index (χ2v) is 5.71. The Hall–Kier alpha value is -2.34. The molecule has 2 rings (SSSR count). The van der Waals surface area contributed by atoms with Crippen LogP contribution in [0.3, 0.4) is 0 Å². The molecule has 0 aliphatic heterocycles. The fourth-order valence-electron chi connectivity index (χ4n) is 1.99. The molecular weight excluding hydrogens is 248 g/mol. The van der Waals surface area contributed by atoms with Gasteiger partial charge in [-0.05, 0) is 17.0 Å². The molecule has 0 aliphatic carbocycles. The Bertz CT molecular complexity index is 646. The summed E-state index contributed by atoms with van der Waals surface area (Å²) >= 11 is 0. The van der Waals surface area contributed by atoms with Gasteiger partial charge in [-0.25, -0.2) is 0 Å². The molecule has 0 saturated heterocycles. The van der Waals surface area contributed by atoms with Gasteiger partial charge in [-0.2, -0.15) is 5.26 Å². The molecule has 0 amide bonds. The van der Waals surface area contributed by atoms with E-state index in [1.807, 2.05) is 12.1 Å². The maximum absolute atomic E-state index is 9.11. The lowest BCUT2D eigenvalue weighted by Crippen LogP contribution is -2.10. The third-order valence-electron chi connectivity index (χ3n) is 3.25. The summed E-state index contributed by atoms with van der Waals surface area (Å²) in [6.45, 7) is 6.55. The number of hydrogen-bond acceptors (Lipinski definition) is 3. The van der Waals surface area contributed by atoms with Crippen LogP contribution in [0, 0.1) is 11.3 Å². The van der Waals surface area contributed by atoms with Crippen LogP contribution in [0.5, 0.6) is 5.75 Å². The molecule has 20 heavy (non-hydrogen) atoms. The Kier molecular flexibility index (Phi) is 3.76. The van der Waals surface area contributed by atoms with Gasteiger partial charge in [-0.15, -0.1) is 0 Å². The van der Waals surface area contributed by atoms with Crippen LogP contribution < -0.4 is 4.74 Å². The van der Waals surface area contributed by atoms with Crippen LogP contribution >= 0.6 is 0 Å². The van der Waals surface area contributed by atoms with Crippen molar-refractivity contribution in [2.75, 3.05) is 7.11 Å². The van der Waals surface area contributed by atoms with Crippen LogP contribution in [0.1, 0.15) is 31.9 Å². The van der Waals surface area contributed by atoms with Crippen LogP contribution in [0.25, 0.3) is 11.3 Å². The van der Waals surface area contributed by atoms with E-state index in [0.717, 1.165) is 11.3 Å². The summed E-state index contributed by atoms with van der Waals surface area (Å²) in [5.41, 5.74) is 3.68. The number of methoxy groups -OCH3 is 1. The lowest BCUT2D eigenvalue weighted by atomic mass is 9.86. The van der Waals surface area contributed by atoms with E-state index in [0.29, 0.717) is 11.3 Å². The average Bonchev–Trinajstić information content (AvgIpc) is 2.45. The summed E-state index contributed by atoms with van der Waals surface area (Å²) in [5.74, 6) is 0.502. The zero-order chi connectivity index (χ0) is 14.8. The van der Waals surface area contributed by atoms with Crippen molar-refractivity contribution in [1.82, 2.24) is 4.98 Å². The number of rotatable bonds is 2. The number of ether oxygens (including phenoxy) is 1.